The largest absolute Gasteiger partial charge is 0.379 e. The molecule has 4 heteroatoms. The summed E-state index contributed by atoms with van der Waals surface area (Å²) in [5, 5.41) is 4.78. The Morgan fingerprint density at radius 1 is 0.812 bits per heavy atom. The summed E-state index contributed by atoms with van der Waals surface area (Å²) in [4.78, 5) is 4.69. The molecule has 0 bridgehead atoms. The zero-order valence-corrected chi connectivity index (χ0v) is 17.6. The maximum Gasteiger partial charge on any atom is 0.0963 e. The fraction of sp³-hybridized carbons (Fsp3) is 0.107. The van der Waals surface area contributed by atoms with Crippen LogP contribution in [0.4, 0.5) is 5.69 Å². The number of fused-ring (bicyclic) bond motifs is 6. The zero-order chi connectivity index (χ0) is 21.1. The van der Waals surface area contributed by atoms with E-state index in [4.69, 9.17) is 4.98 Å². The van der Waals surface area contributed by atoms with E-state index in [0.717, 1.165) is 36.1 Å². The number of hydrogen-bond acceptors (Lipinski definition) is 2. The van der Waals surface area contributed by atoms with Crippen molar-refractivity contribution in [3.05, 3.63) is 96.0 Å². The highest BCUT2D eigenvalue weighted by Crippen LogP contribution is 2.38. The number of rotatable bonds is 2. The molecule has 7 rings (SSSR count). The van der Waals surface area contributed by atoms with Gasteiger partial charge in [-0.3, -0.25) is 4.98 Å². The van der Waals surface area contributed by atoms with Gasteiger partial charge >= 0.3 is 0 Å². The molecule has 0 unspecified atom stereocenters. The molecule has 1 aliphatic carbocycles. The van der Waals surface area contributed by atoms with Gasteiger partial charge in [0.1, 0.15) is 0 Å². The Morgan fingerprint density at radius 3 is 2.66 bits per heavy atom. The molecular formula is C28H22N4. The van der Waals surface area contributed by atoms with E-state index in [2.05, 4.69) is 93.4 Å². The Kier molecular flexibility index (Phi) is 3.70. The molecule has 0 radical (unpaired) electrons. The third kappa shape index (κ3) is 2.41. The van der Waals surface area contributed by atoms with E-state index in [0.29, 0.717) is 0 Å². The number of nitrogens with zero attached hydrogens (tertiary/aromatic N) is 3. The Hall–Kier alpha value is -4.05. The van der Waals surface area contributed by atoms with Crippen LogP contribution in [0.1, 0.15) is 23.4 Å². The highest BCUT2D eigenvalue weighted by atomic mass is 15.1. The predicted molar refractivity (Wildman–Crippen MR) is 133 cm³/mol. The molecule has 4 nitrogen and oxygen atoms in total. The number of benzene rings is 2. The van der Waals surface area contributed by atoms with Gasteiger partial charge in [-0.05, 0) is 55.3 Å². The van der Waals surface area contributed by atoms with Crippen LogP contribution in [0.25, 0.3) is 45.5 Å². The molecule has 2 aliphatic rings. The van der Waals surface area contributed by atoms with Crippen molar-refractivity contribution in [3.63, 3.8) is 0 Å². The second-order valence-electron chi connectivity index (χ2n) is 8.42. The first-order chi connectivity index (χ1) is 15.9. The third-order valence-electron chi connectivity index (χ3n) is 6.63. The molecule has 0 saturated heterocycles. The van der Waals surface area contributed by atoms with Gasteiger partial charge in [0.2, 0.25) is 0 Å². The van der Waals surface area contributed by atoms with Crippen LogP contribution in [0.5, 0.6) is 0 Å². The number of para-hydroxylation sites is 1. The van der Waals surface area contributed by atoms with Crippen LogP contribution in [0.15, 0.2) is 79.0 Å². The summed E-state index contributed by atoms with van der Waals surface area (Å²) in [7, 11) is 0. The van der Waals surface area contributed by atoms with Gasteiger partial charge in [0, 0.05) is 40.8 Å². The van der Waals surface area contributed by atoms with Crippen molar-refractivity contribution in [2.75, 3.05) is 11.9 Å². The molecule has 0 spiro atoms. The molecule has 154 valence electrons. The van der Waals surface area contributed by atoms with Gasteiger partial charge in [-0.25, -0.2) is 0 Å². The van der Waals surface area contributed by atoms with Gasteiger partial charge in [-0.2, -0.15) is 0 Å². The normalized spacial score (nSPS) is 14.5. The van der Waals surface area contributed by atoms with Crippen molar-refractivity contribution in [3.8, 4) is 11.4 Å². The van der Waals surface area contributed by atoms with E-state index in [1.807, 2.05) is 12.3 Å². The highest BCUT2D eigenvalue weighted by Gasteiger charge is 2.24. The Bertz CT molecular complexity index is 1530. The lowest BCUT2D eigenvalue weighted by Crippen LogP contribution is -2.07. The van der Waals surface area contributed by atoms with E-state index >= 15 is 0 Å². The van der Waals surface area contributed by atoms with Crippen molar-refractivity contribution in [1.29, 1.82) is 0 Å². The van der Waals surface area contributed by atoms with Crippen molar-refractivity contribution in [2.24, 2.45) is 0 Å². The molecular weight excluding hydrogens is 392 g/mol. The monoisotopic (exact) mass is 414 g/mol. The molecule has 3 aromatic heterocycles. The van der Waals surface area contributed by atoms with Crippen LogP contribution in [0.3, 0.4) is 0 Å². The minimum absolute atomic E-state index is 0.881. The zero-order valence-electron chi connectivity index (χ0n) is 17.6. The van der Waals surface area contributed by atoms with E-state index < -0.39 is 0 Å². The number of anilines is 1. The molecule has 1 N–H and O–H groups in total. The maximum absolute atomic E-state index is 4.69. The second-order valence-corrected chi connectivity index (χ2v) is 8.42. The van der Waals surface area contributed by atoms with Crippen molar-refractivity contribution in [2.45, 2.75) is 12.8 Å². The third-order valence-corrected chi connectivity index (χ3v) is 6.63. The summed E-state index contributed by atoms with van der Waals surface area (Å²) in [5.74, 6) is 0. The SMILES string of the molecule is C1=Cc2c3c(n(-c4cccc(-n5c6ccccc6c6ncccc65)c4)c2CC1)C=CCN3. The molecule has 0 fully saturated rings. The Labute approximate surface area is 186 Å². The molecule has 1 aliphatic heterocycles. The van der Waals surface area contributed by atoms with Gasteiger partial charge in [-0.1, -0.05) is 42.5 Å². The average molecular weight is 415 g/mol. The molecule has 0 amide bonds. The number of allylic oxidation sites excluding steroid dienone is 1. The second kappa shape index (κ2) is 6.72. The summed E-state index contributed by atoms with van der Waals surface area (Å²) < 4.78 is 4.77. The fourth-order valence-electron chi connectivity index (χ4n) is 5.31. The first-order valence-corrected chi connectivity index (χ1v) is 11.2. The minimum Gasteiger partial charge on any atom is -0.379 e. The van der Waals surface area contributed by atoms with Crippen LogP contribution in [0, 0.1) is 0 Å². The summed E-state index contributed by atoms with van der Waals surface area (Å²) in [6.07, 6.45) is 13.0. The smallest absolute Gasteiger partial charge is 0.0963 e. The molecule has 0 saturated carbocycles. The van der Waals surface area contributed by atoms with Gasteiger partial charge in [0.15, 0.2) is 0 Å². The number of aromatic nitrogens is 3. The average Bonchev–Trinajstić information content (AvgIpc) is 3.37. The summed E-state index contributed by atoms with van der Waals surface area (Å²) in [6, 6.07) is 21.6. The van der Waals surface area contributed by atoms with Gasteiger partial charge in [-0.15, -0.1) is 0 Å². The van der Waals surface area contributed by atoms with Crippen LogP contribution in [-0.2, 0) is 6.42 Å². The minimum atomic E-state index is 0.881. The summed E-state index contributed by atoms with van der Waals surface area (Å²) in [5.41, 5.74) is 10.9. The Balaban J connectivity index is 1.50. The van der Waals surface area contributed by atoms with Crippen LogP contribution >= 0.6 is 0 Å². The summed E-state index contributed by atoms with van der Waals surface area (Å²) >= 11 is 0. The first kappa shape index (κ1) is 17.6. The molecule has 5 aromatic rings. The van der Waals surface area contributed by atoms with Crippen molar-refractivity contribution < 1.29 is 0 Å². The van der Waals surface area contributed by atoms with Crippen LogP contribution in [0.2, 0.25) is 0 Å². The highest BCUT2D eigenvalue weighted by molar-refractivity contribution is 6.06. The molecule has 32 heavy (non-hydrogen) atoms. The van der Waals surface area contributed by atoms with E-state index in [1.54, 1.807) is 0 Å². The van der Waals surface area contributed by atoms with Crippen molar-refractivity contribution >= 4 is 39.8 Å². The number of hydrogen-bond donors (Lipinski definition) is 1. The first-order valence-electron chi connectivity index (χ1n) is 11.2. The molecule has 2 aromatic carbocycles. The molecule has 0 atom stereocenters. The lowest BCUT2D eigenvalue weighted by molar-refractivity contribution is 0.869. The quantitative estimate of drug-likeness (QED) is 0.364. The lowest BCUT2D eigenvalue weighted by atomic mass is 10.0. The van der Waals surface area contributed by atoms with Crippen LogP contribution in [-0.4, -0.2) is 20.7 Å². The standard InChI is InChI=1S/C28H22N4/c1-3-12-23-21(10-1)27-25(14-6-16-29-27)31(23)19-8-5-9-20(18-19)32-24-13-4-2-11-22(24)28-26(32)15-7-17-30-28/h1-3,5-12,14-16,18,30H,4,13,17H2. The lowest BCUT2D eigenvalue weighted by Gasteiger charge is -2.16. The van der Waals surface area contributed by atoms with Crippen LogP contribution < -0.4 is 5.32 Å². The van der Waals surface area contributed by atoms with Gasteiger partial charge < -0.3 is 14.5 Å². The maximum atomic E-state index is 4.69. The van der Waals surface area contributed by atoms with E-state index in [1.165, 1.54) is 39.2 Å². The van der Waals surface area contributed by atoms with E-state index in [-0.39, 0.29) is 0 Å². The predicted octanol–water partition coefficient (Wildman–Crippen LogP) is 6.37. The van der Waals surface area contributed by atoms with Gasteiger partial charge in [0.25, 0.3) is 0 Å². The fourth-order valence-corrected chi connectivity index (χ4v) is 5.31. The van der Waals surface area contributed by atoms with E-state index in [9.17, 15) is 0 Å². The molecule has 4 heterocycles. The summed E-state index contributed by atoms with van der Waals surface area (Å²) in [6.45, 7) is 0.881. The topological polar surface area (TPSA) is 34.8 Å². The van der Waals surface area contributed by atoms with Crippen molar-refractivity contribution in [1.82, 2.24) is 14.1 Å². The number of nitrogens with one attached hydrogen (secondary N) is 1. The number of pyridine rings is 1. The van der Waals surface area contributed by atoms with Gasteiger partial charge in [0.05, 0.1) is 27.9 Å². The Morgan fingerprint density at radius 2 is 1.69 bits per heavy atom.